The topological polar surface area (TPSA) is 48.1 Å². The summed E-state index contributed by atoms with van der Waals surface area (Å²) in [6.07, 6.45) is 1.04. The third-order valence-electron chi connectivity index (χ3n) is 3.35. The molecule has 0 amide bonds. The normalized spacial score (nSPS) is 10.5. The van der Waals surface area contributed by atoms with Gasteiger partial charge in [-0.1, -0.05) is 30.3 Å². The Morgan fingerprint density at radius 1 is 0.957 bits per heavy atom. The van der Waals surface area contributed by atoms with Crippen LogP contribution in [0.5, 0.6) is 5.75 Å². The van der Waals surface area contributed by atoms with E-state index in [2.05, 4.69) is 4.98 Å². The number of pyridine rings is 1. The fourth-order valence-corrected chi connectivity index (χ4v) is 2.23. The number of nitrogens with two attached hydrogens (primary N) is 1. The highest BCUT2D eigenvalue weighted by Crippen LogP contribution is 2.33. The van der Waals surface area contributed by atoms with E-state index in [9.17, 15) is 8.78 Å². The fourth-order valence-electron chi connectivity index (χ4n) is 2.23. The van der Waals surface area contributed by atoms with Crippen LogP contribution in [0.25, 0.3) is 11.1 Å². The predicted molar refractivity (Wildman–Crippen MR) is 84.8 cm³/mol. The average molecular weight is 312 g/mol. The van der Waals surface area contributed by atoms with Gasteiger partial charge in [-0.25, -0.2) is 13.8 Å². The van der Waals surface area contributed by atoms with Gasteiger partial charge in [0.15, 0.2) is 0 Å². The Labute approximate surface area is 132 Å². The average Bonchev–Trinajstić information content (AvgIpc) is 2.56. The summed E-state index contributed by atoms with van der Waals surface area (Å²) in [5, 5.41) is 0. The van der Waals surface area contributed by atoms with Crippen molar-refractivity contribution in [3.8, 4) is 16.9 Å². The molecule has 3 rings (SSSR count). The molecule has 5 heteroatoms. The molecule has 1 heterocycles. The van der Waals surface area contributed by atoms with Crippen molar-refractivity contribution in [2.24, 2.45) is 0 Å². The van der Waals surface area contributed by atoms with Crippen LogP contribution in [-0.2, 0) is 6.61 Å². The van der Waals surface area contributed by atoms with Crippen molar-refractivity contribution >= 4 is 5.82 Å². The monoisotopic (exact) mass is 312 g/mol. The van der Waals surface area contributed by atoms with Gasteiger partial charge >= 0.3 is 0 Å². The lowest BCUT2D eigenvalue weighted by atomic mass is 10.0. The molecular formula is C18H14F2N2O. The molecule has 0 atom stereocenters. The van der Waals surface area contributed by atoms with Gasteiger partial charge in [0.05, 0.1) is 6.20 Å². The molecule has 0 aliphatic heterocycles. The zero-order valence-electron chi connectivity index (χ0n) is 12.2. The van der Waals surface area contributed by atoms with Crippen molar-refractivity contribution in [3.63, 3.8) is 0 Å². The Bertz CT molecular complexity index is 823. The van der Waals surface area contributed by atoms with E-state index in [1.165, 1.54) is 24.3 Å². The number of nitrogen functional groups attached to an aromatic ring is 1. The standard InChI is InChI=1S/C18H14F2N2O/c19-13-6-7-14(15-9-18(21)22-10-16(15)20)17(8-13)23-11-12-4-2-1-3-5-12/h1-10H,11H2,(H2,21,22). The van der Waals surface area contributed by atoms with Crippen molar-refractivity contribution < 1.29 is 13.5 Å². The molecule has 23 heavy (non-hydrogen) atoms. The van der Waals surface area contributed by atoms with Crippen molar-refractivity contribution in [1.29, 1.82) is 0 Å². The van der Waals surface area contributed by atoms with Crippen LogP contribution >= 0.6 is 0 Å². The Hall–Kier alpha value is -2.95. The highest BCUT2D eigenvalue weighted by atomic mass is 19.1. The van der Waals surface area contributed by atoms with E-state index in [0.717, 1.165) is 11.8 Å². The molecule has 0 fully saturated rings. The summed E-state index contributed by atoms with van der Waals surface area (Å²) >= 11 is 0. The van der Waals surface area contributed by atoms with E-state index in [1.54, 1.807) is 0 Å². The van der Waals surface area contributed by atoms with Gasteiger partial charge in [-0.3, -0.25) is 0 Å². The van der Waals surface area contributed by atoms with E-state index >= 15 is 0 Å². The molecule has 0 spiro atoms. The van der Waals surface area contributed by atoms with Crippen LogP contribution in [0, 0.1) is 11.6 Å². The molecule has 0 saturated carbocycles. The first-order chi connectivity index (χ1) is 11.1. The molecule has 116 valence electrons. The maximum Gasteiger partial charge on any atom is 0.149 e. The van der Waals surface area contributed by atoms with Crippen LogP contribution < -0.4 is 10.5 Å². The van der Waals surface area contributed by atoms with Crippen molar-refractivity contribution in [3.05, 3.63) is 78.0 Å². The van der Waals surface area contributed by atoms with Crippen LogP contribution in [-0.4, -0.2) is 4.98 Å². The highest BCUT2D eigenvalue weighted by Gasteiger charge is 2.13. The zero-order valence-corrected chi connectivity index (χ0v) is 12.2. The molecule has 0 radical (unpaired) electrons. The third kappa shape index (κ3) is 3.45. The van der Waals surface area contributed by atoms with Crippen LogP contribution in [0.3, 0.4) is 0 Å². The number of ether oxygens (including phenoxy) is 1. The largest absolute Gasteiger partial charge is 0.488 e. The Morgan fingerprint density at radius 3 is 2.52 bits per heavy atom. The summed E-state index contributed by atoms with van der Waals surface area (Å²) in [6, 6.07) is 14.8. The highest BCUT2D eigenvalue weighted by molar-refractivity contribution is 5.72. The van der Waals surface area contributed by atoms with Gasteiger partial charge in [0.25, 0.3) is 0 Å². The van der Waals surface area contributed by atoms with Gasteiger partial charge < -0.3 is 10.5 Å². The molecule has 1 aromatic heterocycles. The first-order valence-electron chi connectivity index (χ1n) is 7.01. The smallest absolute Gasteiger partial charge is 0.149 e. The van der Waals surface area contributed by atoms with Crippen LogP contribution in [0.15, 0.2) is 60.8 Å². The van der Waals surface area contributed by atoms with Crippen LogP contribution in [0.1, 0.15) is 5.56 Å². The second kappa shape index (κ2) is 6.44. The Morgan fingerprint density at radius 2 is 1.74 bits per heavy atom. The van der Waals surface area contributed by atoms with Crippen LogP contribution in [0.4, 0.5) is 14.6 Å². The number of benzene rings is 2. The van der Waals surface area contributed by atoms with E-state index in [4.69, 9.17) is 10.5 Å². The quantitative estimate of drug-likeness (QED) is 0.786. The van der Waals surface area contributed by atoms with Crippen molar-refractivity contribution in [2.45, 2.75) is 6.61 Å². The van der Waals surface area contributed by atoms with Gasteiger partial charge in [-0.15, -0.1) is 0 Å². The van der Waals surface area contributed by atoms with Gasteiger partial charge in [-0.05, 0) is 23.8 Å². The maximum atomic E-state index is 14.0. The summed E-state index contributed by atoms with van der Waals surface area (Å²) < 4.78 is 33.3. The van der Waals surface area contributed by atoms with Gasteiger partial charge in [0, 0.05) is 17.2 Å². The number of nitrogens with zero attached hydrogens (tertiary/aromatic N) is 1. The summed E-state index contributed by atoms with van der Waals surface area (Å²) in [6.45, 7) is 0.249. The Kier molecular flexibility index (Phi) is 4.19. The molecule has 3 nitrogen and oxygen atoms in total. The lowest BCUT2D eigenvalue weighted by Crippen LogP contribution is -1.99. The predicted octanol–water partition coefficient (Wildman–Crippen LogP) is 4.19. The van der Waals surface area contributed by atoms with E-state index < -0.39 is 11.6 Å². The molecule has 0 unspecified atom stereocenters. The summed E-state index contributed by atoms with van der Waals surface area (Å²) in [4.78, 5) is 3.69. The zero-order chi connectivity index (χ0) is 16.2. The molecular weight excluding hydrogens is 298 g/mol. The molecule has 2 N–H and O–H groups in total. The molecule has 0 aliphatic rings. The van der Waals surface area contributed by atoms with Gasteiger partial charge in [-0.2, -0.15) is 0 Å². The van der Waals surface area contributed by atoms with Crippen LogP contribution in [0.2, 0.25) is 0 Å². The fraction of sp³-hybridized carbons (Fsp3) is 0.0556. The number of aromatic nitrogens is 1. The van der Waals surface area contributed by atoms with E-state index in [0.29, 0.717) is 5.56 Å². The summed E-state index contributed by atoms with van der Waals surface area (Å²) in [7, 11) is 0. The number of halogens is 2. The first kappa shape index (κ1) is 15.0. The Balaban J connectivity index is 1.96. The minimum atomic E-state index is -0.546. The lowest BCUT2D eigenvalue weighted by molar-refractivity contribution is 0.306. The molecule has 3 aromatic rings. The summed E-state index contributed by atoms with van der Waals surface area (Å²) in [5.74, 6) is -0.576. The minimum Gasteiger partial charge on any atom is -0.488 e. The third-order valence-corrected chi connectivity index (χ3v) is 3.35. The van der Waals surface area contributed by atoms with Crippen molar-refractivity contribution in [2.75, 3.05) is 5.73 Å². The van der Waals surface area contributed by atoms with E-state index in [-0.39, 0.29) is 23.7 Å². The first-order valence-corrected chi connectivity index (χ1v) is 7.01. The SMILES string of the molecule is Nc1cc(-c2ccc(F)cc2OCc2ccccc2)c(F)cn1. The maximum absolute atomic E-state index is 14.0. The van der Waals surface area contributed by atoms with Gasteiger partial charge in [0.1, 0.15) is 29.8 Å². The lowest BCUT2D eigenvalue weighted by Gasteiger charge is -2.13. The number of hydrogen-bond donors (Lipinski definition) is 1. The number of hydrogen-bond acceptors (Lipinski definition) is 3. The summed E-state index contributed by atoms with van der Waals surface area (Å²) in [5.41, 5.74) is 7.19. The molecule has 0 aliphatic carbocycles. The molecule has 0 saturated heterocycles. The van der Waals surface area contributed by atoms with Crippen molar-refractivity contribution in [1.82, 2.24) is 4.98 Å². The molecule has 2 aromatic carbocycles. The van der Waals surface area contributed by atoms with E-state index in [1.807, 2.05) is 30.3 Å². The second-order valence-corrected chi connectivity index (χ2v) is 5.00. The van der Waals surface area contributed by atoms with Gasteiger partial charge in [0.2, 0.25) is 0 Å². The second-order valence-electron chi connectivity index (χ2n) is 5.00. The molecule has 0 bridgehead atoms. The number of rotatable bonds is 4. The number of anilines is 1. The minimum absolute atomic E-state index is 0.180.